The van der Waals surface area contributed by atoms with E-state index in [9.17, 15) is 18.0 Å². The topological polar surface area (TPSA) is 58.4 Å². The summed E-state index contributed by atoms with van der Waals surface area (Å²) >= 11 is 0.975. The Labute approximate surface area is 164 Å². The van der Waals surface area contributed by atoms with E-state index in [-0.39, 0.29) is 17.2 Å². The summed E-state index contributed by atoms with van der Waals surface area (Å²) in [6.07, 6.45) is -1.71. The van der Waals surface area contributed by atoms with E-state index in [1.165, 1.54) is 0 Å². The lowest BCUT2D eigenvalue weighted by molar-refractivity contribution is -0.141. The van der Waals surface area contributed by atoms with E-state index in [4.69, 9.17) is 4.42 Å². The van der Waals surface area contributed by atoms with E-state index in [0.717, 1.165) is 37.7 Å². The molecule has 0 saturated carbocycles. The summed E-state index contributed by atoms with van der Waals surface area (Å²) in [7, 11) is 0. The zero-order valence-corrected chi connectivity index (χ0v) is 16.0. The minimum absolute atomic E-state index is 0.0920. The van der Waals surface area contributed by atoms with Gasteiger partial charge in [-0.2, -0.15) is 18.2 Å². The molecule has 4 heterocycles. The minimum Gasteiger partial charge on any atom is -0.439 e. The summed E-state index contributed by atoms with van der Waals surface area (Å²) in [5.74, 6) is 0.393. The molecule has 3 aliphatic heterocycles. The van der Waals surface area contributed by atoms with Gasteiger partial charge in [0.25, 0.3) is 11.1 Å². The monoisotopic (exact) mass is 411 g/mol. The van der Waals surface area contributed by atoms with E-state index < -0.39 is 11.9 Å². The second kappa shape index (κ2) is 7.44. The van der Waals surface area contributed by atoms with E-state index in [1.54, 1.807) is 24.3 Å². The fourth-order valence-electron chi connectivity index (χ4n) is 3.99. The number of rotatable bonds is 4. The molecular weight excluding hydrogens is 391 g/mol. The first-order valence-corrected chi connectivity index (χ1v) is 9.98. The Morgan fingerprint density at radius 3 is 2.50 bits per heavy atom. The number of nitrogens with zero attached hydrogens (tertiary/aromatic N) is 2. The number of hydrogen-bond donors (Lipinski definition) is 1. The molecule has 2 atom stereocenters. The zero-order chi connectivity index (χ0) is 19.9. The summed E-state index contributed by atoms with van der Waals surface area (Å²) in [4.78, 5) is 19.1. The lowest BCUT2D eigenvalue weighted by atomic mass is 9.79. The summed E-state index contributed by atoms with van der Waals surface area (Å²) < 4.78 is 42.6. The number of fused-ring (bicyclic) bond motifs is 3. The molecule has 1 aromatic carbocycles. The molecule has 5 rings (SSSR count). The fraction of sp³-hybridized carbons (Fsp3) is 0.474. The molecule has 3 saturated heterocycles. The highest BCUT2D eigenvalue weighted by Gasteiger charge is 2.40. The molecule has 150 valence electrons. The van der Waals surface area contributed by atoms with E-state index >= 15 is 0 Å². The molecule has 5 nitrogen and oxygen atoms in total. The van der Waals surface area contributed by atoms with Crippen molar-refractivity contribution in [2.24, 2.45) is 5.92 Å². The number of aromatic nitrogens is 1. The van der Waals surface area contributed by atoms with Crippen molar-refractivity contribution in [2.45, 2.75) is 48.1 Å². The first kappa shape index (κ1) is 19.3. The van der Waals surface area contributed by atoms with Crippen LogP contribution in [0.25, 0.3) is 0 Å². The van der Waals surface area contributed by atoms with Gasteiger partial charge in [0.15, 0.2) is 5.69 Å². The average Bonchev–Trinajstić information content (AvgIpc) is 3.14. The number of alkyl halides is 3. The summed E-state index contributed by atoms with van der Waals surface area (Å²) in [5.41, 5.74) is -0.533. The predicted octanol–water partition coefficient (Wildman–Crippen LogP) is 4.06. The number of piperidine rings is 3. The van der Waals surface area contributed by atoms with Gasteiger partial charge < -0.3 is 9.73 Å². The molecule has 2 aromatic rings. The Balaban J connectivity index is 1.39. The third-order valence-corrected chi connectivity index (χ3v) is 6.44. The summed E-state index contributed by atoms with van der Waals surface area (Å²) in [5, 5.41) is 3.07. The molecule has 1 amide bonds. The third-order valence-electron chi connectivity index (χ3n) is 5.57. The minimum atomic E-state index is -4.53. The van der Waals surface area contributed by atoms with Crippen molar-refractivity contribution >= 4 is 17.7 Å². The number of carbonyl (C=O) groups is 1. The van der Waals surface area contributed by atoms with Crippen LogP contribution in [-0.2, 0) is 6.18 Å². The van der Waals surface area contributed by atoms with Crippen molar-refractivity contribution in [1.82, 2.24) is 15.2 Å². The van der Waals surface area contributed by atoms with Crippen LogP contribution in [0.2, 0.25) is 0 Å². The van der Waals surface area contributed by atoms with Crippen LogP contribution in [0.1, 0.15) is 35.8 Å². The first-order valence-electron chi connectivity index (χ1n) is 9.17. The number of benzene rings is 1. The van der Waals surface area contributed by atoms with Crippen molar-refractivity contribution < 1.29 is 22.4 Å². The van der Waals surface area contributed by atoms with E-state index in [2.05, 4.69) is 22.1 Å². The third kappa shape index (κ3) is 3.91. The Kier molecular flexibility index (Phi) is 5.13. The maximum atomic E-state index is 12.6. The van der Waals surface area contributed by atoms with Gasteiger partial charge >= 0.3 is 6.18 Å². The van der Waals surface area contributed by atoms with Gasteiger partial charge in [-0.05, 0) is 74.8 Å². The molecule has 28 heavy (non-hydrogen) atoms. The zero-order valence-electron chi connectivity index (χ0n) is 15.2. The Hall–Kier alpha value is -2.00. The maximum Gasteiger partial charge on any atom is 0.436 e. The Morgan fingerprint density at radius 1 is 1.25 bits per heavy atom. The largest absolute Gasteiger partial charge is 0.439 e. The van der Waals surface area contributed by atoms with Gasteiger partial charge in [-0.1, -0.05) is 0 Å². The van der Waals surface area contributed by atoms with Gasteiger partial charge in [-0.3, -0.25) is 9.69 Å². The second-order valence-electron chi connectivity index (χ2n) is 7.24. The van der Waals surface area contributed by atoms with E-state index in [1.807, 2.05) is 0 Å². The standard InChI is InChI=1S/C19H20F3N3O2S/c1-11-16(12-6-8-25(11)9-7-12)24-17(26)13-2-4-14(5-3-13)28-18-23-15(10-27-18)19(20,21)22/h2-5,10-12,16H,6-9H2,1H3,(H,24,26). The van der Waals surface area contributed by atoms with Crippen LogP contribution < -0.4 is 5.32 Å². The highest BCUT2D eigenvalue weighted by molar-refractivity contribution is 7.99. The van der Waals surface area contributed by atoms with E-state index in [0.29, 0.717) is 28.7 Å². The SMILES string of the molecule is CC1C(NC(=O)c2ccc(Sc3nc(C(F)(F)F)co3)cc2)C2CCN1CC2. The number of carbonyl (C=O) groups excluding carboxylic acids is 1. The van der Waals surface area contributed by atoms with Crippen molar-refractivity contribution in [3.63, 3.8) is 0 Å². The van der Waals surface area contributed by atoms with Crippen LogP contribution in [-0.4, -0.2) is 41.0 Å². The first-order chi connectivity index (χ1) is 13.3. The van der Waals surface area contributed by atoms with Crippen molar-refractivity contribution in [1.29, 1.82) is 0 Å². The number of nitrogens with one attached hydrogen (secondary N) is 1. The molecular formula is C19H20F3N3O2S. The van der Waals surface area contributed by atoms with Gasteiger partial charge in [0.05, 0.1) is 0 Å². The molecule has 9 heteroatoms. The van der Waals surface area contributed by atoms with Gasteiger partial charge in [0.1, 0.15) is 6.26 Å². The van der Waals surface area contributed by atoms with Gasteiger partial charge in [-0.25, -0.2) is 0 Å². The smallest absolute Gasteiger partial charge is 0.436 e. The number of oxazole rings is 1. The van der Waals surface area contributed by atoms with Crippen molar-refractivity contribution in [3.05, 3.63) is 41.8 Å². The summed E-state index contributed by atoms with van der Waals surface area (Å²) in [6.45, 7) is 4.35. The number of hydrogen-bond acceptors (Lipinski definition) is 5. The second-order valence-corrected chi connectivity index (χ2v) is 8.26. The molecule has 0 spiro atoms. The predicted molar refractivity (Wildman–Crippen MR) is 97.1 cm³/mol. The maximum absolute atomic E-state index is 12.6. The highest BCUT2D eigenvalue weighted by Crippen LogP contribution is 2.34. The van der Waals surface area contributed by atoms with Gasteiger partial charge in [-0.15, -0.1) is 0 Å². The molecule has 1 N–H and O–H groups in total. The van der Waals surface area contributed by atoms with Crippen LogP contribution in [0.5, 0.6) is 0 Å². The van der Waals surface area contributed by atoms with Crippen LogP contribution in [0.4, 0.5) is 13.2 Å². The lowest BCUT2D eigenvalue weighted by Crippen LogP contribution is -2.62. The molecule has 0 aliphatic carbocycles. The Bertz CT molecular complexity index is 843. The number of amides is 1. The Morgan fingerprint density at radius 2 is 1.93 bits per heavy atom. The molecule has 0 radical (unpaired) electrons. The molecule has 2 bridgehead atoms. The highest BCUT2D eigenvalue weighted by atomic mass is 32.2. The average molecular weight is 411 g/mol. The molecule has 3 fully saturated rings. The fourth-order valence-corrected chi connectivity index (χ4v) is 4.70. The van der Waals surface area contributed by atoms with Crippen LogP contribution in [0.15, 0.2) is 45.1 Å². The van der Waals surface area contributed by atoms with Crippen LogP contribution in [0, 0.1) is 5.92 Å². The molecule has 2 unspecified atom stereocenters. The quantitative estimate of drug-likeness (QED) is 0.822. The van der Waals surface area contributed by atoms with Crippen LogP contribution >= 0.6 is 11.8 Å². The summed E-state index contributed by atoms with van der Waals surface area (Å²) in [6, 6.07) is 7.17. The number of halogens is 3. The van der Waals surface area contributed by atoms with Crippen molar-refractivity contribution in [2.75, 3.05) is 13.1 Å². The normalized spacial score (nSPS) is 27.0. The molecule has 3 aliphatic rings. The molecule has 1 aromatic heterocycles. The van der Waals surface area contributed by atoms with Gasteiger partial charge in [0.2, 0.25) is 0 Å². The van der Waals surface area contributed by atoms with Gasteiger partial charge in [0, 0.05) is 22.5 Å². The van der Waals surface area contributed by atoms with Crippen molar-refractivity contribution in [3.8, 4) is 0 Å². The lowest BCUT2D eigenvalue weighted by Gasteiger charge is -2.49. The van der Waals surface area contributed by atoms with Crippen LogP contribution in [0.3, 0.4) is 0 Å².